The number of hydrogen-bond acceptors (Lipinski definition) is 4. The van der Waals surface area contributed by atoms with Crippen molar-refractivity contribution in [2.75, 3.05) is 26.6 Å². The van der Waals surface area contributed by atoms with Crippen LogP contribution in [0.4, 0.5) is 0 Å². The quantitative estimate of drug-likeness (QED) is 0.218. The van der Waals surface area contributed by atoms with Crippen molar-refractivity contribution in [1.29, 1.82) is 0 Å². The fraction of sp³-hybridized carbons (Fsp3) is 0.889. The largest absolute Gasteiger partial charge is 0.491 e. The van der Waals surface area contributed by atoms with E-state index in [9.17, 15) is 0 Å². The Balaban J connectivity index is 4.55. The Morgan fingerprint density at radius 1 is 0.636 bits per heavy atom. The Hall–Kier alpha value is -0.900. The molecule has 0 unspecified atom stereocenters. The van der Waals surface area contributed by atoms with E-state index in [4.69, 9.17) is 18.9 Å². The fourth-order valence-corrected chi connectivity index (χ4v) is 1.79. The number of ether oxygens (including phenoxy) is 4. The molecule has 0 aliphatic rings. The average molecular weight is 316 g/mol. The summed E-state index contributed by atoms with van der Waals surface area (Å²) < 4.78 is 22.8. The molecule has 0 bridgehead atoms. The molecule has 22 heavy (non-hydrogen) atoms. The second-order valence-corrected chi connectivity index (χ2v) is 5.39. The van der Waals surface area contributed by atoms with E-state index in [-0.39, 0.29) is 6.79 Å². The molecule has 0 N–H and O–H groups in total. The summed E-state index contributed by atoms with van der Waals surface area (Å²) in [5.41, 5.74) is 0. The first kappa shape index (κ1) is 21.1. The van der Waals surface area contributed by atoms with Gasteiger partial charge in [-0.25, -0.2) is 0 Å². The van der Waals surface area contributed by atoms with Crippen LogP contribution in [0.5, 0.6) is 0 Å². The molecule has 0 radical (unpaired) electrons. The first-order valence-electron chi connectivity index (χ1n) is 8.99. The van der Waals surface area contributed by atoms with Gasteiger partial charge in [-0.2, -0.15) is 0 Å². The van der Waals surface area contributed by atoms with Gasteiger partial charge in [0.15, 0.2) is 12.6 Å². The lowest BCUT2D eigenvalue weighted by molar-refractivity contribution is -0.0839. The van der Waals surface area contributed by atoms with Crippen molar-refractivity contribution in [3.05, 3.63) is 11.7 Å². The van der Waals surface area contributed by atoms with E-state index in [0.29, 0.717) is 19.2 Å². The molecule has 0 spiro atoms. The monoisotopic (exact) mass is 316 g/mol. The highest BCUT2D eigenvalue weighted by Crippen LogP contribution is 2.18. The summed E-state index contributed by atoms with van der Waals surface area (Å²) in [6, 6.07) is 0. The topological polar surface area (TPSA) is 36.9 Å². The van der Waals surface area contributed by atoms with Crippen LogP contribution >= 0.6 is 0 Å². The Kier molecular flexibility index (Phi) is 15.8. The second kappa shape index (κ2) is 16.5. The molecule has 0 aromatic carbocycles. The third-order valence-corrected chi connectivity index (χ3v) is 3.07. The molecule has 132 valence electrons. The smallest absolute Gasteiger partial charge is 0.321 e. The predicted octanol–water partition coefficient (Wildman–Crippen LogP) is 5.38. The third-order valence-electron chi connectivity index (χ3n) is 3.07. The minimum absolute atomic E-state index is 0.228. The zero-order valence-corrected chi connectivity index (χ0v) is 15.1. The molecule has 0 aliphatic carbocycles. The molecule has 4 heteroatoms. The third kappa shape index (κ3) is 11.7. The van der Waals surface area contributed by atoms with Crippen molar-refractivity contribution in [2.45, 2.75) is 79.1 Å². The Morgan fingerprint density at radius 3 is 1.95 bits per heavy atom. The van der Waals surface area contributed by atoms with Gasteiger partial charge in [0.2, 0.25) is 0 Å². The van der Waals surface area contributed by atoms with Crippen molar-refractivity contribution < 1.29 is 18.9 Å². The van der Waals surface area contributed by atoms with Crippen LogP contribution in [0, 0.1) is 0 Å². The first-order chi connectivity index (χ1) is 10.8. The van der Waals surface area contributed by atoms with Crippen LogP contribution in [-0.4, -0.2) is 26.6 Å². The van der Waals surface area contributed by atoms with Gasteiger partial charge in [-0.1, -0.05) is 47.0 Å². The van der Waals surface area contributed by atoms with Crippen LogP contribution < -0.4 is 0 Å². The van der Waals surface area contributed by atoms with E-state index in [1.165, 1.54) is 12.8 Å². The molecule has 0 atom stereocenters. The molecule has 4 nitrogen and oxygen atoms in total. The van der Waals surface area contributed by atoms with Gasteiger partial charge in [-0.3, -0.25) is 0 Å². The summed E-state index contributed by atoms with van der Waals surface area (Å²) >= 11 is 0. The highest BCUT2D eigenvalue weighted by molar-refractivity contribution is 4.95. The van der Waals surface area contributed by atoms with Crippen molar-refractivity contribution in [2.24, 2.45) is 0 Å². The summed E-state index contributed by atoms with van der Waals surface area (Å²) in [5, 5.41) is 0. The molecular weight excluding hydrogens is 280 g/mol. The lowest BCUT2D eigenvalue weighted by atomic mass is 10.2. The molecular formula is C18H36O4. The van der Waals surface area contributed by atoms with Crippen molar-refractivity contribution in [1.82, 2.24) is 0 Å². The molecule has 0 rings (SSSR count). The van der Waals surface area contributed by atoms with E-state index in [0.717, 1.165) is 50.9 Å². The fourth-order valence-electron chi connectivity index (χ4n) is 1.79. The highest BCUT2D eigenvalue weighted by Gasteiger charge is 2.12. The molecule has 0 aromatic heterocycles. The lowest BCUT2D eigenvalue weighted by Gasteiger charge is -2.17. The number of hydrogen-bond donors (Lipinski definition) is 0. The van der Waals surface area contributed by atoms with Gasteiger partial charge < -0.3 is 18.9 Å². The van der Waals surface area contributed by atoms with Crippen LogP contribution in [-0.2, 0) is 18.9 Å². The molecule has 0 heterocycles. The van der Waals surface area contributed by atoms with Gasteiger partial charge in [0, 0.05) is 6.42 Å². The number of allylic oxidation sites excluding steroid dienone is 1. The van der Waals surface area contributed by atoms with E-state index in [1.807, 2.05) is 0 Å². The number of unbranched alkanes of at least 4 members (excludes halogenated alkanes) is 3. The molecule has 0 saturated carbocycles. The molecule has 0 aliphatic heterocycles. The summed E-state index contributed by atoms with van der Waals surface area (Å²) in [7, 11) is 0. The van der Waals surface area contributed by atoms with Gasteiger partial charge in [-0.15, -0.1) is 0 Å². The van der Waals surface area contributed by atoms with Crippen LogP contribution in [0.15, 0.2) is 11.7 Å². The van der Waals surface area contributed by atoms with Crippen molar-refractivity contribution >= 4 is 0 Å². The van der Waals surface area contributed by atoms with Crippen LogP contribution in [0.2, 0.25) is 0 Å². The summed E-state index contributed by atoms with van der Waals surface area (Å²) in [4.78, 5) is 0. The summed E-state index contributed by atoms with van der Waals surface area (Å²) in [6.45, 7) is 10.8. The normalized spacial score (nSPS) is 12.0. The first-order valence-corrected chi connectivity index (χ1v) is 8.99. The van der Waals surface area contributed by atoms with Crippen LogP contribution in [0.3, 0.4) is 0 Å². The maximum Gasteiger partial charge on any atom is 0.321 e. The standard InChI is InChI=1S/C18H36O4/c1-5-9-11-12-17(20-13-7-3)18(21-14-8-4)22-16-19-15-10-6-2/h5-16H2,1-4H3. The van der Waals surface area contributed by atoms with Gasteiger partial charge in [0.25, 0.3) is 0 Å². The van der Waals surface area contributed by atoms with Gasteiger partial charge in [-0.05, 0) is 25.7 Å². The second-order valence-electron chi connectivity index (χ2n) is 5.39. The minimum atomic E-state index is 0.228. The predicted molar refractivity (Wildman–Crippen MR) is 90.5 cm³/mol. The summed E-state index contributed by atoms with van der Waals surface area (Å²) in [5.74, 6) is 1.35. The van der Waals surface area contributed by atoms with E-state index < -0.39 is 0 Å². The maximum absolute atomic E-state index is 5.85. The van der Waals surface area contributed by atoms with Gasteiger partial charge >= 0.3 is 5.95 Å². The number of rotatable bonds is 16. The van der Waals surface area contributed by atoms with Crippen LogP contribution in [0.25, 0.3) is 0 Å². The molecule has 0 amide bonds. The zero-order chi connectivity index (χ0) is 16.5. The van der Waals surface area contributed by atoms with E-state index >= 15 is 0 Å². The molecule has 0 fully saturated rings. The van der Waals surface area contributed by atoms with Crippen LogP contribution in [0.1, 0.15) is 79.1 Å². The van der Waals surface area contributed by atoms with E-state index in [2.05, 4.69) is 27.7 Å². The Bertz CT molecular complexity index is 264. The highest BCUT2D eigenvalue weighted by atomic mass is 16.7. The van der Waals surface area contributed by atoms with Crippen molar-refractivity contribution in [3.8, 4) is 0 Å². The average Bonchev–Trinajstić information content (AvgIpc) is 2.54. The van der Waals surface area contributed by atoms with E-state index in [1.54, 1.807) is 0 Å². The van der Waals surface area contributed by atoms with Gasteiger partial charge in [0.05, 0.1) is 19.8 Å². The van der Waals surface area contributed by atoms with Gasteiger partial charge in [0.1, 0.15) is 0 Å². The Morgan fingerprint density at radius 2 is 1.32 bits per heavy atom. The zero-order valence-electron chi connectivity index (χ0n) is 15.1. The minimum Gasteiger partial charge on any atom is -0.491 e. The maximum atomic E-state index is 5.85. The molecule has 0 aromatic rings. The molecule has 0 saturated heterocycles. The SMILES string of the molecule is CCCCCC(OCCC)=C(OCCC)OCOCCCC. The Labute approximate surface area is 137 Å². The summed E-state index contributed by atoms with van der Waals surface area (Å²) in [6.07, 6.45) is 8.42. The lowest BCUT2D eigenvalue weighted by Crippen LogP contribution is -2.10. The van der Waals surface area contributed by atoms with Crippen molar-refractivity contribution in [3.63, 3.8) is 0 Å².